The van der Waals surface area contributed by atoms with Gasteiger partial charge in [-0.2, -0.15) is 0 Å². The standard InChI is InChI=1S/C14H11BrN4O/c15-10-3-4-12-11(6-10)13(20)19(14(16)18-12)8-9-2-1-5-17-7-9/h1-7H,8H2,(H2,16,18). The van der Waals surface area contributed by atoms with Gasteiger partial charge in [0, 0.05) is 16.9 Å². The number of benzene rings is 1. The minimum absolute atomic E-state index is 0.155. The summed E-state index contributed by atoms with van der Waals surface area (Å²) >= 11 is 3.36. The van der Waals surface area contributed by atoms with E-state index in [2.05, 4.69) is 25.9 Å². The highest BCUT2D eigenvalue weighted by Crippen LogP contribution is 2.16. The smallest absolute Gasteiger partial charge is 0.263 e. The van der Waals surface area contributed by atoms with Crippen molar-refractivity contribution < 1.29 is 0 Å². The normalized spacial score (nSPS) is 10.8. The summed E-state index contributed by atoms with van der Waals surface area (Å²) in [5.41, 5.74) is 7.23. The zero-order chi connectivity index (χ0) is 14.1. The van der Waals surface area contributed by atoms with Gasteiger partial charge in [0.2, 0.25) is 5.95 Å². The van der Waals surface area contributed by atoms with Crippen molar-refractivity contribution in [3.05, 3.63) is 63.1 Å². The van der Waals surface area contributed by atoms with Crippen molar-refractivity contribution in [1.82, 2.24) is 14.5 Å². The van der Waals surface area contributed by atoms with Gasteiger partial charge in [-0.05, 0) is 29.8 Å². The SMILES string of the molecule is Nc1nc2ccc(Br)cc2c(=O)n1Cc1cccnc1. The maximum Gasteiger partial charge on any atom is 0.263 e. The zero-order valence-corrected chi connectivity index (χ0v) is 12.0. The van der Waals surface area contributed by atoms with Gasteiger partial charge in [0.05, 0.1) is 17.4 Å². The summed E-state index contributed by atoms with van der Waals surface area (Å²) in [6.07, 6.45) is 3.39. The van der Waals surface area contributed by atoms with Crippen LogP contribution in [0.3, 0.4) is 0 Å². The van der Waals surface area contributed by atoms with Gasteiger partial charge in [-0.1, -0.05) is 22.0 Å². The van der Waals surface area contributed by atoms with E-state index in [9.17, 15) is 4.79 Å². The molecule has 0 fully saturated rings. The van der Waals surface area contributed by atoms with Crippen LogP contribution in [0.5, 0.6) is 0 Å². The highest BCUT2D eigenvalue weighted by Gasteiger charge is 2.09. The van der Waals surface area contributed by atoms with E-state index < -0.39 is 0 Å². The molecule has 1 aromatic carbocycles. The summed E-state index contributed by atoms with van der Waals surface area (Å²) in [6.45, 7) is 0.355. The number of nitrogens with zero attached hydrogens (tertiary/aromatic N) is 3. The number of fused-ring (bicyclic) bond motifs is 1. The van der Waals surface area contributed by atoms with Gasteiger partial charge in [-0.15, -0.1) is 0 Å². The monoisotopic (exact) mass is 330 g/mol. The molecule has 0 aliphatic heterocycles. The fourth-order valence-electron chi connectivity index (χ4n) is 2.04. The van der Waals surface area contributed by atoms with Crippen LogP contribution in [-0.2, 0) is 6.54 Å². The first-order valence-corrected chi connectivity index (χ1v) is 6.79. The molecule has 0 aliphatic carbocycles. The van der Waals surface area contributed by atoms with Crippen LogP contribution in [0.1, 0.15) is 5.56 Å². The third-order valence-electron chi connectivity index (χ3n) is 3.01. The molecule has 0 spiro atoms. The van der Waals surface area contributed by atoms with Crippen molar-refractivity contribution >= 4 is 32.8 Å². The molecule has 0 bridgehead atoms. The molecule has 6 heteroatoms. The number of hydrogen-bond donors (Lipinski definition) is 1. The number of pyridine rings is 1. The fourth-order valence-corrected chi connectivity index (χ4v) is 2.40. The van der Waals surface area contributed by atoms with Gasteiger partial charge < -0.3 is 5.73 Å². The first-order chi connectivity index (χ1) is 9.65. The van der Waals surface area contributed by atoms with Crippen LogP contribution in [0, 0.1) is 0 Å². The van der Waals surface area contributed by atoms with Crippen LogP contribution in [0.25, 0.3) is 10.9 Å². The number of nitrogens with two attached hydrogens (primary N) is 1. The van der Waals surface area contributed by atoms with Gasteiger partial charge in [-0.25, -0.2) is 4.98 Å². The molecule has 0 amide bonds. The highest BCUT2D eigenvalue weighted by atomic mass is 79.9. The summed E-state index contributed by atoms with van der Waals surface area (Å²) in [5.74, 6) is 0.202. The summed E-state index contributed by atoms with van der Waals surface area (Å²) in [4.78, 5) is 20.8. The summed E-state index contributed by atoms with van der Waals surface area (Å²) in [7, 11) is 0. The molecule has 0 atom stereocenters. The van der Waals surface area contributed by atoms with E-state index >= 15 is 0 Å². The first-order valence-electron chi connectivity index (χ1n) is 5.99. The van der Waals surface area contributed by atoms with E-state index in [1.165, 1.54) is 4.57 Å². The second-order valence-corrected chi connectivity index (χ2v) is 5.30. The lowest BCUT2D eigenvalue weighted by Crippen LogP contribution is -2.25. The van der Waals surface area contributed by atoms with Crippen molar-refractivity contribution in [2.75, 3.05) is 5.73 Å². The van der Waals surface area contributed by atoms with Crippen molar-refractivity contribution in [3.63, 3.8) is 0 Å². The minimum Gasteiger partial charge on any atom is -0.369 e. The van der Waals surface area contributed by atoms with Crippen molar-refractivity contribution in [2.24, 2.45) is 0 Å². The molecule has 2 heterocycles. The number of halogens is 1. The Bertz CT molecular complexity index is 830. The largest absolute Gasteiger partial charge is 0.369 e. The predicted molar refractivity (Wildman–Crippen MR) is 81.5 cm³/mol. The lowest BCUT2D eigenvalue weighted by molar-refractivity contribution is 0.760. The molecule has 3 aromatic rings. The molecule has 2 aromatic heterocycles. The summed E-state index contributed by atoms with van der Waals surface area (Å²) in [5, 5.41) is 0.539. The van der Waals surface area contributed by atoms with Crippen molar-refractivity contribution in [3.8, 4) is 0 Å². The molecule has 3 rings (SSSR count). The summed E-state index contributed by atoms with van der Waals surface area (Å²) in [6, 6.07) is 9.07. The Labute approximate surface area is 123 Å². The second kappa shape index (κ2) is 5.05. The van der Waals surface area contributed by atoms with E-state index in [1.54, 1.807) is 24.5 Å². The molecule has 0 saturated carbocycles. The molecule has 100 valence electrons. The zero-order valence-electron chi connectivity index (χ0n) is 10.5. The van der Waals surface area contributed by atoms with Crippen LogP contribution in [-0.4, -0.2) is 14.5 Å². The molecule has 5 nitrogen and oxygen atoms in total. The lowest BCUT2D eigenvalue weighted by atomic mass is 10.2. The predicted octanol–water partition coefficient (Wildman–Crippen LogP) is 2.18. The molecule has 20 heavy (non-hydrogen) atoms. The van der Waals surface area contributed by atoms with Gasteiger partial charge in [-0.3, -0.25) is 14.3 Å². The van der Waals surface area contributed by atoms with E-state index in [0.29, 0.717) is 17.4 Å². The van der Waals surface area contributed by atoms with Gasteiger partial charge >= 0.3 is 0 Å². The first kappa shape index (κ1) is 12.8. The average molecular weight is 331 g/mol. The number of anilines is 1. The Morgan fingerprint density at radius 3 is 2.90 bits per heavy atom. The Morgan fingerprint density at radius 1 is 1.30 bits per heavy atom. The van der Waals surface area contributed by atoms with Crippen LogP contribution >= 0.6 is 15.9 Å². The maximum absolute atomic E-state index is 12.5. The van der Waals surface area contributed by atoms with E-state index in [0.717, 1.165) is 10.0 Å². The Balaban J connectivity index is 2.18. The van der Waals surface area contributed by atoms with Crippen LogP contribution in [0.4, 0.5) is 5.95 Å². The van der Waals surface area contributed by atoms with Crippen LogP contribution < -0.4 is 11.3 Å². The summed E-state index contributed by atoms with van der Waals surface area (Å²) < 4.78 is 2.28. The average Bonchev–Trinajstić information content (AvgIpc) is 2.46. The third kappa shape index (κ3) is 2.30. The highest BCUT2D eigenvalue weighted by molar-refractivity contribution is 9.10. The van der Waals surface area contributed by atoms with E-state index in [1.807, 2.05) is 18.2 Å². The second-order valence-electron chi connectivity index (χ2n) is 4.38. The lowest BCUT2D eigenvalue weighted by Gasteiger charge is -2.10. The Hall–Kier alpha value is -2.21. The number of nitrogen functional groups attached to an aromatic ring is 1. The van der Waals surface area contributed by atoms with E-state index in [4.69, 9.17) is 5.73 Å². The van der Waals surface area contributed by atoms with Crippen molar-refractivity contribution in [1.29, 1.82) is 0 Å². The fraction of sp³-hybridized carbons (Fsp3) is 0.0714. The quantitative estimate of drug-likeness (QED) is 0.781. The molecular formula is C14H11BrN4O. The van der Waals surface area contributed by atoms with Gasteiger partial charge in [0.1, 0.15) is 0 Å². The van der Waals surface area contributed by atoms with E-state index in [-0.39, 0.29) is 11.5 Å². The number of rotatable bonds is 2. The number of hydrogen-bond acceptors (Lipinski definition) is 4. The van der Waals surface area contributed by atoms with Gasteiger partial charge in [0.15, 0.2) is 0 Å². The Morgan fingerprint density at radius 2 is 2.15 bits per heavy atom. The Kier molecular flexibility index (Phi) is 3.23. The molecule has 0 radical (unpaired) electrons. The maximum atomic E-state index is 12.5. The molecule has 2 N–H and O–H groups in total. The topological polar surface area (TPSA) is 73.8 Å². The number of aromatic nitrogens is 3. The molecule has 0 saturated heterocycles. The van der Waals surface area contributed by atoms with Crippen LogP contribution in [0.15, 0.2) is 52.0 Å². The molecular weight excluding hydrogens is 320 g/mol. The third-order valence-corrected chi connectivity index (χ3v) is 3.50. The van der Waals surface area contributed by atoms with Crippen LogP contribution in [0.2, 0.25) is 0 Å². The molecule has 0 aliphatic rings. The molecule has 0 unspecified atom stereocenters. The van der Waals surface area contributed by atoms with Crippen molar-refractivity contribution in [2.45, 2.75) is 6.54 Å². The minimum atomic E-state index is -0.155. The van der Waals surface area contributed by atoms with Gasteiger partial charge in [0.25, 0.3) is 5.56 Å².